The second-order valence-electron chi connectivity index (χ2n) is 7.60. The monoisotopic (exact) mass is 456 g/mol. The molecule has 0 aliphatic carbocycles. The SMILES string of the molecule is Cc1c(C(=O)NCc2cn(-c3ccccc3)nc2-c2ccncc2)sc2ncn(C)c(=O)c12. The first-order chi connectivity index (χ1) is 16.0. The normalized spacial score (nSPS) is 11.1. The molecule has 4 heterocycles. The number of fused-ring (bicyclic) bond motifs is 1. The van der Waals surface area contributed by atoms with Crippen LogP contribution in [0.25, 0.3) is 27.2 Å². The number of nitrogens with zero attached hydrogens (tertiary/aromatic N) is 5. The van der Waals surface area contributed by atoms with Gasteiger partial charge >= 0.3 is 0 Å². The lowest BCUT2D eigenvalue weighted by Gasteiger charge is -2.05. The molecule has 0 fully saturated rings. The number of hydrogen-bond acceptors (Lipinski definition) is 6. The smallest absolute Gasteiger partial charge is 0.262 e. The summed E-state index contributed by atoms with van der Waals surface area (Å²) < 4.78 is 3.22. The van der Waals surface area contributed by atoms with Gasteiger partial charge in [-0.2, -0.15) is 5.10 Å². The second kappa shape index (κ2) is 8.44. The minimum absolute atomic E-state index is 0.156. The molecule has 1 amide bonds. The van der Waals surface area contributed by atoms with Crippen molar-refractivity contribution in [1.82, 2.24) is 29.6 Å². The van der Waals surface area contributed by atoms with Gasteiger partial charge in [-0.3, -0.25) is 14.6 Å². The summed E-state index contributed by atoms with van der Waals surface area (Å²) in [6.07, 6.45) is 6.82. The number of nitrogens with one attached hydrogen (secondary N) is 1. The highest BCUT2D eigenvalue weighted by Gasteiger charge is 2.20. The van der Waals surface area contributed by atoms with Crippen LogP contribution in [0.2, 0.25) is 0 Å². The van der Waals surface area contributed by atoms with E-state index in [4.69, 9.17) is 5.10 Å². The molecule has 5 aromatic rings. The Morgan fingerprint density at radius 3 is 2.64 bits per heavy atom. The molecular formula is C24H20N6O2S. The van der Waals surface area contributed by atoms with Gasteiger partial charge in [-0.1, -0.05) is 18.2 Å². The van der Waals surface area contributed by atoms with Crippen molar-refractivity contribution in [2.45, 2.75) is 13.5 Å². The number of pyridine rings is 1. The zero-order valence-electron chi connectivity index (χ0n) is 18.0. The number of rotatable bonds is 5. The van der Waals surface area contributed by atoms with Gasteiger partial charge in [0.05, 0.1) is 28.0 Å². The Balaban J connectivity index is 1.47. The summed E-state index contributed by atoms with van der Waals surface area (Å²) in [4.78, 5) is 35.0. The predicted octanol–water partition coefficient (Wildman–Crippen LogP) is 3.48. The van der Waals surface area contributed by atoms with Gasteiger partial charge in [-0.05, 0) is 36.8 Å². The van der Waals surface area contributed by atoms with Crippen LogP contribution in [0.15, 0.2) is 72.2 Å². The van der Waals surface area contributed by atoms with E-state index in [0.717, 1.165) is 22.5 Å². The van der Waals surface area contributed by atoms with Gasteiger partial charge in [0.1, 0.15) is 4.83 Å². The van der Waals surface area contributed by atoms with Gasteiger partial charge in [0.25, 0.3) is 11.5 Å². The fourth-order valence-electron chi connectivity index (χ4n) is 3.69. The van der Waals surface area contributed by atoms with Crippen LogP contribution in [0.4, 0.5) is 0 Å². The van der Waals surface area contributed by atoms with Crippen LogP contribution in [0, 0.1) is 6.92 Å². The Kier molecular flexibility index (Phi) is 5.31. The molecule has 0 unspecified atom stereocenters. The minimum Gasteiger partial charge on any atom is -0.347 e. The Labute approximate surface area is 193 Å². The van der Waals surface area contributed by atoms with Crippen molar-refractivity contribution in [2.24, 2.45) is 7.05 Å². The summed E-state index contributed by atoms with van der Waals surface area (Å²) >= 11 is 1.23. The van der Waals surface area contributed by atoms with E-state index in [9.17, 15) is 9.59 Å². The van der Waals surface area contributed by atoms with Gasteiger partial charge in [0.2, 0.25) is 0 Å². The molecule has 0 bridgehead atoms. The summed E-state index contributed by atoms with van der Waals surface area (Å²) in [5.74, 6) is -0.245. The number of hydrogen-bond donors (Lipinski definition) is 1. The van der Waals surface area contributed by atoms with Crippen LogP contribution < -0.4 is 10.9 Å². The van der Waals surface area contributed by atoms with E-state index in [1.807, 2.05) is 48.7 Å². The summed E-state index contributed by atoms with van der Waals surface area (Å²) in [5, 5.41) is 8.24. The molecule has 0 radical (unpaired) electrons. The first-order valence-corrected chi connectivity index (χ1v) is 11.1. The van der Waals surface area contributed by atoms with Crippen molar-refractivity contribution in [3.8, 4) is 16.9 Å². The van der Waals surface area contributed by atoms with Gasteiger partial charge < -0.3 is 9.88 Å². The average Bonchev–Trinajstić information content (AvgIpc) is 3.43. The van der Waals surface area contributed by atoms with Gasteiger partial charge in [0, 0.05) is 43.3 Å². The lowest BCUT2D eigenvalue weighted by molar-refractivity contribution is 0.0954. The molecule has 164 valence electrons. The molecule has 0 atom stereocenters. The van der Waals surface area contributed by atoms with Gasteiger partial charge in [-0.15, -0.1) is 11.3 Å². The van der Waals surface area contributed by atoms with E-state index >= 15 is 0 Å². The standard InChI is InChI=1S/C24H20N6O2S/c1-15-19-23(27-14-29(2)24(19)32)33-21(15)22(31)26-12-17-13-30(18-6-4-3-5-7-18)28-20(17)16-8-10-25-11-9-16/h3-11,13-14H,12H2,1-2H3,(H,26,31). The van der Waals surface area contributed by atoms with E-state index in [0.29, 0.717) is 20.7 Å². The van der Waals surface area contributed by atoms with Crippen LogP contribution in [0.3, 0.4) is 0 Å². The number of benzene rings is 1. The molecule has 0 aliphatic rings. The molecule has 1 aromatic carbocycles. The van der Waals surface area contributed by atoms with Crippen LogP contribution >= 0.6 is 11.3 Å². The van der Waals surface area contributed by atoms with E-state index in [1.54, 1.807) is 31.0 Å². The van der Waals surface area contributed by atoms with E-state index in [-0.39, 0.29) is 18.0 Å². The zero-order valence-corrected chi connectivity index (χ0v) is 18.8. The lowest BCUT2D eigenvalue weighted by atomic mass is 10.1. The van der Waals surface area contributed by atoms with Gasteiger partial charge in [-0.25, -0.2) is 9.67 Å². The Morgan fingerprint density at radius 2 is 1.88 bits per heavy atom. The lowest BCUT2D eigenvalue weighted by Crippen LogP contribution is -2.23. The number of amides is 1. The summed E-state index contributed by atoms with van der Waals surface area (Å²) in [7, 11) is 1.65. The molecule has 1 N–H and O–H groups in total. The number of aryl methyl sites for hydroxylation is 2. The van der Waals surface area contributed by atoms with Crippen LogP contribution in [-0.2, 0) is 13.6 Å². The largest absolute Gasteiger partial charge is 0.347 e. The first kappa shape index (κ1) is 20.8. The number of aromatic nitrogens is 5. The maximum Gasteiger partial charge on any atom is 0.262 e. The molecule has 33 heavy (non-hydrogen) atoms. The molecule has 4 aromatic heterocycles. The number of thiophene rings is 1. The summed E-state index contributed by atoms with van der Waals surface area (Å²) in [6.45, 7) is 2.06. The van der Waals surface area contributed by atoms with Gasteiger partial charge in [0.15, 0.2) is 0 Å². The van der Waals surface area contributed by atoms with Crippen molar-refractivity contribution >= 4 is 27.5 Å². The highest BCUT2D eigenvalue weighted by molar-refractivity contribution is 7.20. The highest BCUT2D eigenvalue weighted by atomic mass is 32.1. The molecule has 0 aliphatic heterocycles. The first-order valence-electron chi connectivity index (χ1n) is 10.3. The molecular weight excluding hydrogens is 436 g/mol. The Bertz CT molecular complexity index is 1520. The Hall–Kier alpha value is -4.11. The number of para-hydroxylation sites is 1. The fraction of sp³-hybridized carbons (Fsp3) is 0.125. The highest BCUT2D eigenvalue weighted by Crippen LogP contribution is 2.27. The molecule has 8 nitrogen and oxygen atoms in total. The van der Waals surface area contributed by atoms with Crippen LogP contribution in [0.5, 0.6) is 0 Å². The van der Waals surface area contributed by atoms with E-state index < -0.39 is 0 Å². The summed E-state index contributed by atoms with van der Waals surface area (Å²) in [6, 6.07) is 13.6. The molecule has 5 rings (SSSR count). The third kappa shape index (κ3) is 3.83. The van der Waals surface area contributed by atoms with Crippen LogP contribution in [-0.4, -0.2) is 30.2 Å². The zero-order chi connectivity index (χ0) is 22.9. The van der Waals surface area contributed by atoms with Crippen molar-refractivity contribution in [2.75, 3.05) is 0 Å². The minimum atomic E-state index is -0.245. The summed E-state index contributed by atoms with van der Waals surface area (Å²) in [5.41, 5.74) is 3.96. The third-order valence-corrected chi connectivity index (χ3v) is 6.62. The van der Waals surface area contributed by atoms with Crippen molar-refractivity contribution in [1.29, 1.82) is 0 Å². The van der Waals surface area contributed by atoms with E-state index in [2.05, 4.69) is 15.3 Å². The third-order valence-electron chi connectivity index (χ3n) is 5.42. The average molecular weight is 457 g/mol. The molecule has 0 saturated carbocycles. The molecule has 0 saturated heterocycles. The van der Waals surface area contributed by atoms with Crippen molar-refractivity contribution in [3.05, 3.63) is 93.7 Å². The van der Waals surface area contributed by atoms with Crippen molar-refractivity contribution < 1.29 is 4.79 Å². The maximum atomic E-state index is 13.1. The fourth-order valence-corrected chi connectivity index (χ4v) is 4.74. The second-order valence-corrected chi connectivity index (χ2v) is 8.60. The molecule has 0 spiro atoms. The quantitative estimate of drug-likeness (QED) is 0.437. The van der Waals surface area contributed by atoms with Crippen molar-refractivity contribution in [3.63, 3.8) is 0 Å². The van der Waals surface area contributed by atoms with Crippen LogP contribution in [0.1, 0.15) is 20.8 Å². The predicted molar refractivity (Wildman–Crippen MR) is 128 cm³/mol. The maximum absolute atomic E-state index is 13.1. The Morgan fingerprint density at radius 1 is 1.12 bits per heavy atom. The molecule has 9 heteroatoms. The topological polar surface area (TPSA) is 94.7 Å². The van der Waals surface area contributed by atoms with E-state index in [1.165, 1.54) is 22.2 Å². The number of carbonyl (C=O) groups is 1. The number of carbonyl (C=O) groups excluding carboxylic acids is 1.